The van der Waals surface area contributed by atoms with Crippen LogP contribution in [-0.4, -0.2) is 66.8 Å². The quantitative estimate of drug-likeness (QED) is 0.835. The lowest BCUT2D eigenvalue weighted by Gasteiger charge is -2.44. The van der Waals surface area contributed by atoms with Crippen LogP contribution in [-0.2, 0) is 4.74 Å². The van der Waals surface area contributed by atoms with Crippen LogP contribution in [0.15, 0.2) is 0 Å². The molecule has 19 heavy (non-hydrogen) atoms. The summed E-state index contributed by atoms with van der Waals surface area (Å²) in [6, 6.07) is 1.83. The van der Waals surface area contributed by atoms with Crippen LogP contribution >= 0.6 is 0 Å². The van der Waals surface area contributed by atoms with Gasteiger partial charge in [0.05, 0.1) is 12.7 Å². The van der Waals surface area contributed by atoms with Crippen molar-refractivity contribution in [1.82, 2.24) is 9.80 Å². The van der Waals surface area contributed by atoms with E-state index in [2.05, 4.69) is 30.6 Å². The molecule has 0 aromatic rings. The number of hydrogen-bond acceptors (Lipinski definition) is 4. The van der Waals surface area contributed by atoms with E-state index >= 15 is 0 Å². The van der Waals surface area contributed by atoms with E-state index < -0.39 is 0 Å². The molecule has 0 spiro atoms. The van der Waals surface area contributed by atoms with Crippen LogP contribution in [0, 0.1) is 0 Å². The molecule has 0 aromatic carbocycles. The minimum Gasteiger partial charge on any atom is -0.374 e. The highest BCUT2D eigenvalue weighted by molar-refractivity contribution is 4.86. The molecule has 2 aliphatic rings. The SMILES string of the molecule is CC(C)N1CCOC(CN2C(C)CCCC2CN)C1. The lowest BCUT2D eigenvalue weighted by Crippen LogP contribution is -2.55. The second-order valence-corrected chi connectivity index (χ2v) is 6.45. The summed E-state index contributed by atoms with van der Waals surface area (Å²) in [5.41, 5.74) is 5.94. The Labute approximate surface area is 118 Å². The molecule has 3 atom stereocenters. The van der Waals surface area contributed by atoms with E-state index in [1.807, 2.05) is 0 Å². The Bertz CT molecular complexity index is 272. The van der Waals surface area contributed by atoms with Gasteiger partial charge in [-0.25, -0.2) is 0 Å². The van der Waals surface area contributed by atoms with Gasteiger partial charge >= 0.3 is 0 Å². The summed E-state index contributed by atoms with van der Waals surface area (Å²) in [6.07, 6.45) is 4.23. The van der Waals surface area contributed by atoms with Crippen molar-refractivity contribution in [3.8, 4) is 0 Å². The Morgan fingerprint density at radius 1 is 1.32 bits per heavy atom. The van der Waals surface area contributed by atoms with Crippen molar-refractivity contribution >= 4 is 0 Å². The van der Waals surface area contributed by atoms with Crippen molar-refractivity contribution in [2.75, 3.05) is 32.8 Å². The van der Waals surface area contributed by atoms with Crippen LogP contribution in [0.3, 0.4) is 0 Å². The van der Waals surface area contributed by atoms with E-state index in [1.165, 1.54) is 19.3 Å². The van der Waals surface area contributed by atoms with Gasteiger partial charge in [-0.1, -0.05) is 6.42 Å². The molecular formula is C15H31N3O. The minimum atomic E-state index is 0.353. The first-order valence-electron chi connectivity index (χ1n) is 7.93. The van der Waals surface area contributed by atoms with E-state index in [9.17, 15) is 0 Å². The smallest absolute Gasteiger partial charge is 0.0829 e. The largest absolute Gasteiger partial charge is 0.374 e. The zero-order chi connectivity index (χ0) is 13.8. The molecule has 0 bridgehead atoms. The number of rotatable bonds is 4. The summed E-state index contributed by atoms with van der Waals surface area (Å²) in [4.78, 5) is 5.12. The molecule has 0 radical (unpaired) electrons. The zero-order valence-corrected chi connectivity index (χ0v) is 12.8. The van der Waals surface area contributed by atoms with Gasteiger partial charge in [0.2, 0.25) is 0 Å². The Kier molecular flexibility index (Phi) is 5.63. The Morgan fingerprint density at radius 2 is 2.11 bits per heavy atom. The molecule has 0 aliphatic carbocycles. The molecule has 3 unspecified atom stereocenters. The lowest BCUT2D eigenvalue weighted by molar-refractivity contribution is -0.0664. The van der Waals surface area contributed by atoms with Crippen molar-refractivity contribution in [2.45, 2.75) is 64.3 Å². The highest BCUT2D eigenvalue weighted by Crippen LogP contribution is 2.23. The molecular weight excluding hydrogens is 238 g/mol. The van der Waals surface area contributed by atoms with Crippen LogP contribution in [0.25, 0.3) is 0 Å². The molecule has 0 aromatic heterocycles. The fraction of sp³-hybridized carbons (Fsp3) is 1.00. The van der Waals surface area contributed by atoms with Crippen molar-refractivity contribution in [2.24, 2.45) is 5.73 Å². The number of morpholine rings is 1. The number of hydrogen-bond donors (Lipinski definition) is 1. The third kappa shape index (κ3) is 3.91. The van der Waals surface area contributed by atoms with Crippen LogP contribution in [0.1, 0.15) is 40.0 Å². The van der Waals surface area contributed by atoms with E-state index in [0.717, 1.165) is 32.8 Å². The maximum atomic E-state index is 5.98. The topological polar surface area (TPSA) is 41.7 Å². The van der Waals surface area contributed by atoms with Gasteiger partial charge in [0.25, 0.3) is 0 Å². The standard InChI is InChI=1S/C15H31N3O/c1-12(2)17-7-8-19-15(10-17)11-18-13(3)5-4-6-14(18)9-16/h12-15H,4-11,16H2,1-3H3. The van der Waals surface area contributed by atoms with Gasteiger partial charge < -0.3 is 10.5 Å². The normalized spacial score (nSPS) is 34.9. The first-order chi connectivity index (χ1) is 9.11. The predicted octanol–water partition coefficient (Wildman–Crippen LogP) is 1.30. The summed E-state index contributed by atoms with van der Waals surface area (Å²) in [7, 11) is 0. The van der Waals surface area contributed by atoms with E-state index in [4.69, 9.17) is 10.5 Å². The van der Waals surface area contributed by atoms with E-state index in [1.54, 1.807) is 0 Å². The summed E-state index contributed by atoms with van der Waals surface area (Å²) in [5.74, 6) is 0. The second-order valence-electron chi connectivity index (χ2n) is 6.45. The Morgan fingerprint density at radius 3 is 2.79 bits per heavy atom. The molecule has 2 heterocycles. The van der Waals surface area contributed by atoms with Gasteiger partial charge in [-0.2, -0.15) is 0 Å². The van der Waals surface area contributed by atoms with Crippen molar-refractivity contribution in [3.63, 3.8) is 0 Å². The average Bonchev–Trinajstić information content (AvgIpc) is 2.41. The lowest BCUT2D eigenvalue weighted by atomic mass is 9.96. The van der Waals surface area contributed by atoms with E-state index in [-0.39, 0.29) is 0 Å². The number of piperidine rings is 1. The van der Waals surface area contributed by atoms with Gasteiger partial charge in [0.15, 0.2) is 0 Å². The monoisotopic (exact) mass is 269 g/mol. The summed E-state index contributed by atoms with van der Waals surface area (Å²) < 4.78 is 5.98. The molecule has 4 nitrogen and oxygen atoms in total. The van der Waals surface area contributed by atoms with E-state index in [0.29, 0.717) is 24.2 Å². The van der Waals surface area contributed by atoms with Crippen LogP contribution in [0.5, 0.6) is 0 Å². The number of nitrogens with zero attached hydrogens (tertiary/aromatic N) is 2. The highest BCUT2D eigenvalue weighted by atomic mass is 16.5. The third-order valence-electron chi connectivity index (χ3n) is 4.78. The van der Waals surface area contributed by atoms with Crippen molar-refractivity contribution in [3.05, 3.63) is 0 Å². The fourth-order valence-corrected chi connectivity index (χ4v) is 3.48. The minimum absolute atomic E-state index is 0.353. The number of ether oxygens (including phenoxy) is 1. The Balaban J connectivity index is 1.91. The molecule has 2 saturated heterocycles. The summed E-state index contributed by atoms with van der Waals surface area (Å²) >= 11 is 0. The molecule has 2 fully saturated rings. The molecule has 2 rings (SSSR count). The number of likely N-dealkylation sites (tertiary alicyclic amines) is 1. The van der Waals surface area contributed by atoms with Crippen LogP contribution in [0.2, 0.25) is 0 Å². The molecule has 2 aliphatic heterocycles. The summed E-state index contributed by atoms with van der Waals surface area (Å²) in [5, 5.41) is 0. The van der Waals surface area contributed by atoms with Gasteiger partial charge in [0, 0.05) is 44.3 Å². The summed E-state index contributed by atoms with van der Waals surface area (Å²) in [6.45, 7) is 11.7. The molecule has 0 saturated carbocycles. The fourth-order valence-electron chi connectivity index (χ4n) is 3.48. The van der Waals surface area contributed by atoms with Gasteiger partial charge in [-0.05, 0) is 33.6 Å². The van der Waals surface area contributed by atoms with Crippen molar-refractivity contribution < 1.29 is 4.74 Å². The van der Waals surface area contributed by atoms with Crippen LogP contribution in [0.4, 0.5) is 0 Å². The molecule has 112 valence electrons. The second kappa shape index (κ2) is 7.02. The van der Waals surface area contributed by atoms with Gasteiger partial charge in [-0.3, -0.25) is 9.80 Å². The number of nitrogens with two attached hydrogens (primary N) is 1. The average molecular weight is 269 g/mol. The first-order valence-corrected chi connectivity index (χ1v) is 7.93. The predicted molar refractivity (Wildman–Crippen MR) is 79.3 cm³/mol. The maximum Gasteiger partial charge on any atom is 0.0829 e. The first kappa shape index (κ1) is 15.2. The third-order valence-corrected chi connectivity index (χ3v) is 4.78. The maximum absolute atomic E-state index is 5.98. The highest BCUT2D eigenvalue weighted by Gasteiger charge is 2.31. The molecule has 4 heteroatoms. The van der Waals surface area contributed by atoms with Gasteiger partial charge in [0.1, 0.15) is 0 Å². The van der Waals surface area contributed by atoms with Crippen molar-refractivity contribution in [1.29, 1.82) is 0 Å². The molecule has 2 N–H and O–H groups in total. The van der Waals surface area contributed by atoms with Crippen LogP contribution < -0.4 is 5.73 Å². The Hall–Kier alpha value is -0.160. The zero-order valence-electron chi connectivity index (χ0n) is 12.8. The van der Waals surface area contributed by atoms with Gasteiger partial charge in [-0.15, -0.1) is 0 Å². The molecule has 0 amide bonds.